The fourth-order valence-corrected chi connectivity index (χ4v) is 7.68. The average Bonchev–Trinajstić information content (AvgIpc) is 3.61. The van der Waals surface area contributed by atoms with E-state index in [2.05, 4.69) is 140 Å². The summed E-state index contributed by atoms with van der Waals surface area (Å²) >= 11 is 0. The second kappa shape index (κ2) is 13.2. The molecule has 0 saturated heterocycles. The number of hydrogen-bond donors (Lipinski definition) is 0. The summed E-state index contributed by atoms with van der Waals surface area (Å²) in [5.74, 6) is 0.255. The molecule has 0 aliphatic rings. The van der Waals surface area contributed by atoms with Gasteiger partial charge in [0, 0.05) is 5.69 Å². The Morgan fingerprint density at radius 1 is 0.389 bits per heavy atom. The van der Waals surface area contributed by atoms with Gasteiger partial charge in [0.1, 0.15) is 5.82 Å². The summed E-state index contributed by atoms with van der Waals surface area (Å²) in [5.41, 5.74) is 11.4. The summed E-state index contributed by atoms with van der Waals surface area (Å²) in [7, 11) is 31.7. The Bertz CT molecular complexity index is 2730. The first-order chi connectivity index (χ1) is 26.2. The summed E-state index contributed by atoms with van der Waals surface area (Å²) in [4.78, 5) is 4.81. The lowest BCUT2D eigenvalue weighted by Crippen LogP contribution is -2.45. The van der Waals surface area contributed by atoms with E-state index in [1.807, 2.05) is 41.0 Å². The monoisotopic (exact) mass is 676 g/mol. The highest BCUT2D eigenvalue weighted by Gasteiger charge is 2.36. The number of imidazole rings is 1. The van der Waals surface area contributed by atoms with Crippen LogP contribution in [0.2, 0.25) is 5.11 Å². The van der Waals surface area contributed by atoms with Crippen molar-refractivity contribution >= 4 is 71.8 Å². The lowest BCUT2D eigenvalue weighted by molar-refractivity contribution is 0.757. The highest BCUT2D eigenvalue weighted by Crippen LogP contribution is 2.46. The van der Waals surface area contributed by atoms with Crippen molar-refractivity contribution in [1.29, 1.82) is 0 Å². The predicted molar refractivity (Wildman–Crippen MR) is 231 cm³/mol. The topological polar surface area (TPSA) is 17.8 Å². The van der Waals surface area contributed by atoms with E-state index in [0.29, 0.717) is 5.52 Å². The van der Waals surface area contributed by atoms with Gasteiger partial charge < -0.3 is 0 Å². The zero-order valence-electron chi connectivity index (χ0n) is 29.5. The van der Waals surface area contributed by atoms with Gasteiger partial charge in [-0.05, 0) is 109 Å². The Balaban J connectivity index is 1.31. The largest absolute Gasteiger partial charge is 0.297 e. The minimum Gasteiger partial charge on any atom is -0.297 e. The molecule has 9 rings (SSSR count). The molecular formula is C47H29B5N2. The minimum absolute atomic E-state index is 0.255. The number of para-hydroxylation sites is 2. The molecular weight excluding hydrogens is 647 g/mol. The summed E-state index contributed by atoms with van der Waals surface area (Å²) < 4.78 is 1.90. The molecule has 8 aromatic carbocycles. The number of hydrogen-bond acceptors (Lipinski definition) is 1. The van der Waals surface area contributed by atoms with Crippen molar-refractivity contribution in [3.05, 3.63) is 182 Å². The molecule has 2 nitrogen and oxygen atoms in total. The Labute approximate surface area is 322 Å². The Morgan fingerprint density at radius 2 is 0.833 bits per heavy atom. The van der Waals surface area contributed by atoms with Crippen LogP contribution in [0, 0.1) is 0 Å². The number of rotatable bonds is 7. The minimum atomic E-state index is -1.95. The summed E-state index contributed by atoms with van der Waals surface area (Å²) in [6, 6.07) is 61.4. The van der Waals surface area contributed by atoms with Crippen molar-refractivity contribution in [3.8, 4) is 50.2 Å². The van der Waals surface area contributed by atoms with Crippen LogP contribution in [0.25, 0.3) is 82.8 Å². The standard InChI is InChI=1S/C47H29B5N2/c48-46(49,47(50,51)52)45-53-41-24-11-12-25-42(41)54(45)36-19-13-18-32(29-36)43-37-20-7-9-22-39(37)44(40-23-10-8-21-38(40)43)35-27-33(30-14-3-1-4-15-30)26-34(28-35)31-16-5-2-6-17-31/h1-29H. The van der Waals surface area contributed by atoms with Crippen molar-refractivity contribution in [2.45, 2.75) is 10.3 Å². The van der Waals surface area contributed by atoms with Crippen LogP contribution < -0.4 is 0 Å². The second-order valence-corrected chi connectivity index (χ2v) is 14.0. The van der Waals surface area contributed by atoms with Gasteiger partial charge in [-0.25, -0.2) is 4.98 Å². The first-order valence-corrected chi connectivity index (χ1v) is 17.9. The van der Waals surface area contributed by atoms with Crippen molar-refractivity contribution in [1.82, 2.24) is 9.55 Å². The van der Waals surface area contributed by atoms with Gasteiger partial charge >= 0.3 is 0 Å². The van der Waals surface area contributed by atoms with Crippen molar-refractivity contribution in [2.75, 3.05) is 0 Å². The van der Waals surface area contributed by atoms with Gasteiger partial charge in [0.2, 0.25) is 0 Å². The molecule has 0 unspecified atom stereocenters. The van der Waals surface area contributed by atoms with E-state index in [0.717, 1.165) is 60.6 Å². The summed E-state index contributed by atoms with van der Waals surface area (Å²) in [6.07, 6.45) is 0. The van der Waals surface area contributed by atoms with E-state index in [1.165, 1.54) is 16.7 Å². The maximum Gasteiger partial charge on any atom is 0.101 e. The highest BCUT2D eigenvalue weighted by atomic mass is 15.1. The van der Waals surface area contributed by atoms with Crippen LogP contribution in [0.4, 0.5) is 0 Å². The van der Waals surface area contributed by atoms with Gasteiger partial charge in [-0.3, -0.25) is 4.57 Å². The summed E-state index contributed by atoms with van der Waals surface area (Å²) in [6.45, 7) is 0. The maximum absolute atomic E-state index is 6.60. The van der Waals surface area contributed by atoms with Crippen LogP contribution in [-0.4, -0.2) is 48.8 Å². The van der Waals surface area contributed by atoms with E-state index in [-0.39, 0.29) is 5.82 Å². The first kappa shape index (κ1) is 33.9. The molecule has 1 aromatic heterocycles. The van der Waals surface area contributed by atoms with Crippen LogP contribution >= 0.6 is 0 Å². The second-order valence-electron chi connectivity index (χ2n) is 14.0. The molecule has 0 atom stereocenters. The zero-order valence-corrected chi connectivity index (χ0v) is 29.5. The third-order valence-electron chi connectivity index (χ3n) is 10.4. The van der Waals surface area contributed by atoms with Crippen LogP contribution in [0.3, 0.4) is 0 Å². The van der Waals surface area contributed by atoms with E-state index in [1.54, 1.807) is 0 Å². The maximum atomic E-state index is 6.60. The van der Waals surface area contributed by atoms with Crippen LogP contribution in [0.5, 0.6) is 0 Å². The van der Waals surface area contributed by atoms with E-state index >= 15 is 0 Å². The van der Waals surface area contributed by atoms with Crippen LogP contribution in [0.1, 0.15) is 5.82 Å². The first-order valence-electron chi connectivity index (χ1n) is 17.9. The lowest BCUT2D eigenvalue weighted by atomic mass is 9.23. The number of benzene rings is 8. The van der Waals surface area contributed by atoms with Gasteiger partial charge in [-0.1, -0.05) is 139 Å². The number of aromatic nitrogens is 2. The molecule has 54 heavy (non-hydrogen) atoms. The Morgan fingerprint density at radius 3 is 1.37 bits per heavy atom. The molecule has 0 N–H and O–H groups in total. The molecule has 0 aliphatic heterocycles. The smallest absolute Gasteiger partial charge is 0.101 e. The summed E-state index contributed by atoms with van der Waals surface area (Å²) in [5, 5.41) is 0.734. The van der Waals surface area contributed by atoms with Gasteiger partial charge in [0.15, 0.2) is 0 Å². The van der Waals surface area contributed by atoms with Crippen molar-refractivity contribution in [3.63, 3.8) is 0 Å². The normalized spacial score (nSPS) is 12.1. The molecule has 7 heteroatoms. The lowest BCUT2D eigenvalue weighted by Gasteiger charge is -2.41. The fourth-order valence-electron chi connectivity index (χ4n) is 7.68. The predicted octanol–water partition coefficient (Wildman–Crippen LogP) is 10.1. The molecule has 9 aromatic rings. The molecule has 0 fully saturated rings. The van der Waals surface area contributed by atoms with Crippen molar-refractivity contribution < 1.29 is 0 Å². The Kier molecular flexibility index (Phi) is 8.27. The van der Waals surface area contributed by atoms with E-state index in [9.17, 15) is 0 Å². The fraction of sp³-hybridized carbons (Fsp3) is 0.0426. The third-order valence-corrected chi connectivity index (χ3v) is 10.4. The van der Waals surface area contributed by atoms with Gasteiger partial charge in [-0.2, -0.15) is 0 Å². The van der Waals surface area contributed by atoms with Crippen LogP contribution in [-0.2, 0) is 5.21 Å². The van der Waals surface area contributed by atoms with Gasteiger partial charge in [-0.15, -0.1) is 5.11 Å². The highest BCUT2D eigenvalue weighted by molar-refractivity contribution is 6.67. The number of nitrogens with zero attached hydrogens (tertiary/aromatic N) is 2. The molecule has 0 bridgehead atoms. The van der Waals surface area contributed by atoms with Crippen molar-refractivity contribution in [2.24, 2.45) is 0 Å². The quantitative estimate of drug-likeness (QED) is 0.121. The van der Waals surface area contributed by atoms with E-state index in [4.69, 9.17) is 44.2 Å². The molecule has 1 heterocycles. The Hall–Kier alpha value is -5.93. The molecule has 242 valence electrons. The molecule has 10 radical (unpaired) electrons. The SMILES string of the molecule is [B]C([B])([B])C([B])([B])c1nc2ccccc2n1-c1cccc(-c2c3ccccc3c(-c3cc(-c4ccccc4)cc(-c4ccccc4)c3)c3ccccc23)c1. The van der Waals surface area contributed by atoms with E-state index < -0.39 is 10.3 Å². The van der Waals surface area contributed by atoms with Crippen LogP contribution in [0.15, 0.2) is 176 Å². The average molecular weight is 676 g/mol. The molecule has 0 spiro atoms. The van der Waals surface area contributed by atoms with Gasteiger partial charge in [0.25, 0.3) is 0 Å². The molecule has 0 amide bonds. The number of fused-ring (bicyclic) bond motifs is 3. The molecule has 0 aliphatic carbocycles. The van der Waals surface area contributed by atoms with Gasteiger partial charge in [0.05, 0.1) is 50.3 Å². The third kappa shape index (κ3) is 5.71. The zero-order chi connectivity index (χ0) is 37.0. The molecule has 0 saturated carbocycles.